The fourth-order valence-electron chi connectivity index (χ4n) is 1.96. The average molecular weight is 262 g/mol. The van der Waals surface area contributed by atoms with Crippen LogP contribution in [0.5, 0.6) is 0 Å². The first kappa shape index (κ1) is 13.2. The number of hydrogen-bond acceptors (Lipinski definition) is 3. The lowest BCUT2D eigenvalue weighted by Crippen LogP contribution is -2.09. The first-order valence-electron chi connectivity index (χ1n) is 6.29. The number of esters is 1. The molecule has 2 rings (SSSR count). The van der Waals surface area contributed by atoms with Gasteiger partial charge in [-0.15, -0.1) is 11.8 Å². The monoisotopic (exact) mass is 262 g/mol. The van der Waals surface area contributed by atoms with E-state index in [-0.39, 0.29) is 5.97 Å². The van der Waals surface area contributed by atoms with E-state index < -0.39 is 0 Å². The van der Waals surface area contributed by atoms with Gasteiger partial charge in [-0.2, -0.15) is 0 Å². The molecule has 0 amide bonds. The van der Waals surface area contributed by atoms with Crippen molar-refractivity contribution in [2.24, 2.45) is 5.92 Å². The third-order valence-electron chi connectivity index (χ3n) is 2.93. The lowest BCUT2D eigenvalue weighted by atomic mass is 10.1. The number of allylic oxidation sites excluding steroid dienone is 1. The molecule has 0 radical (unpaired) electrons. The SMILES string of the molecule is C[C@H]1CC=C(C(=O)OCCSc2ccccc2)C1. The molecule has 1 aromatic rings. The molecule has 0 bridgehead atoms. The molecule has 1 atom stereocenters. The molecule has 1 aliphatic carbocycles. The summed E-state index contributed by atoms with van der Waals surface area (Å²) in [7, 11) is 0. The molecule has 0 heterocycles. The van der Waals surface area contributed by atoms with Crippen LogP contribution in [-0.2, 0) is 9.53 Å². The van der Waals surface area contributed by atoms with Crippen molar-refractivity contribution in [1.82, 2.24) is 0 Å². The Labute approximate surface area is 112 Å². The van der Waals surface area contributed by atoms with E-state index in [1.165, 1.54) is 4.90 Å². The van der Waals surface area contributed by atoms with Gasteiger partial charge in [0.2, 0.25) is 0 Å². The summed E-state index contributed by atoms with van der Waals surface area (Å²) in [6.45, 7) is 2.63. The zero-order valence-corrected chi connectivity index (χ0v) is 11.4. The highest BCUT2D eigenvalue weighted by Gasteiger charge is 2.19. The summed E-state index contributed by atoms with van der Waals surface area (Å²) < 4.78 is 5.27. The van der Waals surface area contributed by atoms with Crippen molar-refractivity contribution in [2.75, 3.05) is 12.4 Å². The molecular weight excluding hydrogens is 244 g/mol. The molecular formula is C15H18O2S. The third-order valence-corrected chi connectivity index (χ3v) is 3.90. The molecule has 0 aromatic heterocycles. The second kappa shape index (κ2) is 6.64. The molecule has 0 unspecified atom stereocenters. The van der Waals surface area contributed by atoms with Crippen LogP contribution in [0.4, 0.5) is 0 Å². The molecule has 2 nitrogen and oxygen atoms in total. The van der Waals surface area contributed by atoms with Gasteiger partial charge in [0, 0.05) is 16.2 Å². The maximum absolute atomic E-state index is 11.7. The first-order chi connectivity index (χ1) is 8.75. The Bertz CT molecular complexity index is 425. The quantitative estimate of drug-likeness (QED) is 0.460. The van der Waals surface area contributed by atoms with Crippen LogP contribution in [0.15, 0.2) is 46.9 Å². The van der Waals surface area contributed by atoms with Crippen LogP contribution in [0, 0.1) is 5.92 Å². The van der Waals surface area contributed by atoms with Gasteiger partial charge in [-0.25, -0.2) is 4.79 Å². The van der Waals surface area contributed by atoms with E-state index in [1.54, 1.807) is 11.8 Å². The Kier molecular flexibility index (Phi) is 4.88. The first-order valence-corrected chi connectivity index (χ1v) is 7.28. The van der Waals surface area contributed by atoms with E-state index in [2.05, 4.69) is 19.1 Å². The van der Waals surface area contributed by atoms with Gasteiger partial charge in [0.15, 0.2) is 0 Å². The summed E-state index contributed by atoms with van der Waals surface area (Å²) in [6.07, 6.45) is 3.88. The zero-order valence-electron chi connectivity index (χ0n) is 10.6. The lowest BCUT2D eigenvalue weighted by Gasteiger charge is -2.06. The molecule has 0 saturated heterocycles. The van der Waals surface area contributed by atoms with Gasteiger partial charge in [0.1, 0.15) is 6.61 Å². The van der Waals surface area contributed by atoms with E-state index >= 15 is 0 Å². The molecule has 96 valence electrons. The molecule has 1 aromatic carbocycles. The molecule has 0 spiro atoms. The van der Waals surface area contributed by atoms with E-state index in [1.807, 2.05) is 24.3 Å². The van der Waals surface area contributed by atoms with E-state index in [9.17, 15) is 4.79 Å². The molecule has 1 aliphatic rings. The fourth-order valence-corrected chi connectivity index (χ4v) is 2.71. The summed E-state index contributed by atoms with van der Waals surface area (Å²) in [4.78, 5) is 12.9. The second-order valence-corrected chi connectivity index (χ2v) is 5.74. The summed E-state index contributed by atoms with van der Waals surface area (Å²) in [5.74, 6) is 1.26. The number of hydrogen-bond donors (Lipinski definition) is 0. The summed E-state index contributed by atoms with van der Waals surface area (Å²) >= 11 is 1.71. The Balaban J connectivity index is 1.65. The van der Waals surface area contributed by atoms with Gasteiger partial charge < -0.3 is 4.74 Å². The normalized spacial score (nSPS) is 18.5. The van der Waals surface area contributed by atoms with Crippen molar-refractivity contribution in [3.05, 3.63) is 42.0 Å². The largest absolute Gasteiger partial charge is 0.461 e. The third kappa shape index (κ3) is 3.91. The lowest BCUT2D eigenvalue weighted by molar-refractivity contribution is -0.138. The van der Waals surface area contributed by atoms with Crippen LogP contribution in [-0.4, -0.2) is 18.3 Å². The summed E-state index contributed by atoms with van der Waals surface area (Å²) in [5.41, 5.74) is 0.854. The predicted molar refractivity (Wildman–Crippen MR) is 74.6 cm³/mol. The maximum Gasteiger partial charge on any atom is 0.333 e. The van der Waals surface area contributed by atoms with Crippen LogP contribution < -0.4 is 0 Å². The fraction of sp³-hybridized carbons (Fsp3) is 0.400. The molecule has 0 N–H and O–H groups in total. The minimum Gasteiger partial charge on any atom is -0.461 e. The molecule has 3 heteroatoms. The topological polar surface area (TPSA) is 26.3 Å². The Morgan fingerprint density at radius 1 is 1.39 bits per heavy atom. The number of benzene rings is 1. The van der Waals surface area contributed by atoms with Gasteiger partial charge in [0.05, 0.1) is 0 Å². The number of carbonyl (C=O) groups is 1. The van der Waals surface area contributed by atoms with Crippen molar-refractivity contribution in [3.8, 4) is 0 Å². The van der Waals surface area contributed by atoms with E-state index in [4.69, 9.17) is 4.74 Å². The Hall–Kier alpha value is -1.22. The van der Waals surface area contributed by atoms with Crippen molar-refractivity contribution in [3.63, 3.8) is 0 Å². The Morgan fingerprint density at radius 2 is 2.17 bits per heavy atom. The number of carbonyl (C=O) groups excluding carboxylic acids is 1. The van der Waals surface area contributed by atoms with Crippen LogP contribution >= 0.6 is 11.8 Å². The number of ether oxygens (including phenoxy) is 1. The van der Waals surface area contributed by atoms with Crippen molar-refractivity contribution < 1.29 is 9.53 Å². The van der Waals surface area contributed by atoms with Crippen LogP contribution in [0.1, 0.15) is 19.8 Å². The van der Waals surface area contributed by atoms with Gasteiger partial charge in [-0.05, 0) is 30.9 Å². The number of rotatable bonds is 5. The maximum atomic E-state index is 11.7. The zero-order chi connectivity index (χ0) is 12.8. The summed E-state index contributed by atoms with van der Waals surface area (Å²) in [5, 5.41) is 0. The highest BCUT2D eigenvalue weighted by atomic mass is 32.2. The molecule has 0 aliphatic heterocycles. The van der Waals surface area contributed by atoms with E-state index in [0.29, 0.717) is 12.5 Å². The minimum absolute atomic E-state index is 0.131. The standard InChI is InChI=1S/C15H18O2S/c1-12-7-8-13(11-12)15(16)17-9-10-18-14-5-3-2-4-6-14/h2-6,8,12H,7,9-11H2,1H3/t12-/m0/s1. The second-order valence-electron chi connectivity index (χ2n) is 4.57. The van der Waals surface area contributed by atoms with Gasteiger partial charge >= 0.3 is 5.97 Å². The van der Waals surface area contributed by atoms with E-state index in [0.717, 1.165) is 24.2 Å². The molecule has 0 saturated carbocycles. The van der Waals surface area contributed by atoms with Crippen molar-refractivity contribution in [1.29, 1.82) is 0 Å². The van der Waals surface area contributed by atoms with Gasteiger partial charge in [0.25, 0.3) is 0 Å². The smallest absolute Gasteiger partial charge is 0.333 e. The molecule has 18 heavy (non-hydrogen) atoms. The minimum atomic E-state index is -0.131. The predicted octanol–water partition coefficient (Wildman–Crippen LogP) is 3.68. The van der Waals surface area contributed by atoms with Gasteiger partial charge in [-0.3, -0.25) is 0 Å². The van der Waals surface area contributed by atoms with Crippen molar-refractivity contribution >= 4 is 17.7 Å². The highest BCUT2D eigenvalue weighted by Crippen LogP contribution is 2.25. The highest BCUT2D eigenvalue weighted by molar-refractivity contribution is 7.99. The van der Waals surface area contributed by atoms with Crippen LogP contribution in [0.3, 0.4) is 0 Å². The van der Waals surface area contributed by atoms with Crippen LogP contribution in [0.25, 0.3) is 0 Å². The molecule has 0 fully saturated rings. The Morgan fingerprint density at radius 3 is 2.83 bits per heavy atom. The average Bonchev–Trinajstić information content (AvgIpc) is 2.82. The van der Waals surface area contributed by atoms with Gasteiger partial charge in [-0.1, -0.05) is 31.2 Å². The summed E-state index contributed by atoms with van der Waals surface area (Å²) in [6, 6.07) is 10.2. The van der Waals surface area contributed by atoms with Crippen LogP contribution in [0.2, 0.25) is 0 Å². The number of thioether (sulfide) groups is 1. The van der Waals surface area contributed by atoms with Crippen molar-refractivity contribution in [2.45, 2.75) is 24.7 Å².